The summed E-state index contributed by atoms with van der Waals surface area (Å²) in [6.07, 6.45) is 0. The van der Waals surface area contributed by atoms with E-state index in [0.29, 0.717) is 11.5 Å². The molecular weight excluding hydrogens is 498 g/mol. The maximum atomic E-state index is 13.9. The van der Waals surface area contributed by atoms with E-state index >= 15 is 0 Å². The van der Waals surface area contributed by atoms with Crippen LogP contribution in [0, 0.1) is 6.92 Å². The van der Waals surface area contributed by atoms with E-state index in [-0.39, 0.29) is 22.7 Å². The minimum atomic E-state index is -4.00. The van der Waals surface area contributed by atoms with Crippen LogP contribution in [-0.2, 0) is 16.6 Å². The Hall–Kier alpha value is -4.43. The second kappa shape index (κ2) is 11.7. The second-order valence-electron chi connectivity index (χ2n) is 8.69. The normalized spacial score (nSPS) is 11.6. The van der Waals surface area contributed by atoms with Crippen LogP contribution in [0.5, 0.6) is 5.75 Å². The number of carbonyl (C=O) groups is 1. The summed E-state index contributed by atoms with van der Waals surface area (Å²) in [6.45, 7) is 3.72. The summed E-state index contributed by atoms with van der Waals surface area (Å²) in [5.74, 6) is 0.193. The number of hydrogen-bond donors (Lipinski definition) is 1. The Balaban J connectivity index is 1.70. The fraction of sp³-hybridized carbons (Fsp3) is 0.133. The van der Waals surface area contributed by atoms with E-state index in [1.54, 1.807) is 62.6 Å². The van der Waals surface area contributed by atoms with E-state index in [2.05, 4.69) is 10.5 Å². The Morgan fingerprint density at radius 1 is 0.868 bits per heavy atom. The first-order valence-electron chi connectivity index (χ1n) is 12.0. The van der Waals surface area contributed by atoms with Crippen molar-refractivity contribution in [1.29, 1.82) is 0 Å². The summed E-state index contributed by atoms with van der Waals surface area (Å²) < 4.78 is 34.2. The third kappa shape index (κ3) is 6.10. The largest absolute Gasteiger partial charge is 0.497 e. The fourth-order valence-corrected chi connectivity index (χ4v) is 5.33. The number of sulfonamides is 1. The molecule has 0 unspecified atom stereocenters. The van der Waals surface area contributed by atoms with Gasteiger partial charge in [0.15, 0.2) is 0 Å². The van der Waals surface area contributed by atoms with Gasteiger partial charge in [0.25, 0.3) is 15.9 Å². The molecule has 8 heteroatoms. The molecule has 1 N–H and O–H groups in total. The predicted molar refractivity (Wildman–Crippen MR) is 150 cm³/mol. The molecule has 4 aromatic carbocycles. The van der Waals surface area contributed by atoms with Crippen LogP contribution in [0.15, 0.2) is 113 Å². The van der Waals surface area contributed by atoms with Gasteiger partial charge in [-0.2, -0.15) is 5.10 Å². The number of carbonyl (C=O) groups excluding carboxylic acids is 1. The topological polar surface area (TPSA) is 88.1 Å². The number of nitrogens with one attached hydrogen (secondary N) is 1. The van der Waals surface area contributed by atoms with E-state index in [1.807, 2.05) is 61.5 Å². The molecule has 0 aliphatic carbocycles. The van der Waals surface area contributed by atoms with Gasteiger partial charge in [-0.25, -0.2) is 13.8 Å². The Labute approximate surface area is 223 Å². The van der Waals surface area contributed by atoms with Gasteiger partial charge in [-0.1, -0.05) is 60.2 Å². The third-order valence-corrected chi connectivity index (χ3v) is 7.80. The number of rotatable bonds is 9. The van der Waals surface area contributed by atoms with Crippen LogP contribution in [0.1, 0.15) is 34.0 Å². The van der Waals surface area contributed by atoms with Crippen LogP contribution < -0.4 is 14.5 Å². The van der Waals surface area contributed by atoms with Crippen molar-refractivity contribution in [2.45, 2.75) is 25.3 Å². The first kappa shape index (κ1) is 26.6. The minimum Gasteiger partial charge on any atom is -0.497 e. The molecule has 7 nitrogen and oxygen atoms in total. The highest BCUT2D eigenvalue weighted by atomic mass is 32.2. The van der Waals surface area contributed by atoms with E-state index in [1.165, 1.54) is 4.31 Å². The molecule has 38 heavy (non-hydrogen) atoms. The average molecular weight is 528 g/mol. The molecule has 0 aromatic heterocycles. The molecule has 0 saturated carbocycles. The summed E-state index contributed by atoms with van der Waals surface area (Å²) in [7, 11) is -2.41. The van der Waals surface area contributed by atoms with Crippen molar-refractivity contribution in [3.8, 4) is 5.75 Å². The number of benzene rings is 4. The number of anilines is 1. The lowest BCUT2D eigenvalue weighted by Crippen LogP contribution is -2.33. The quantitative estimate of drug-likeness (QED) is 0.228. The van der Waals surface area contributed by atoms with Crippen molar-refractivity contribution in [3.63, 3.8) is 0 Å². The van der Waals surface area contributed by atoms with Gasteiger partial charge in [0, 0.05) is 0 Å². The highest BCUT2D eigenvalue weighted by Gasteiger charge is 2.28. The zero-order chi connectivity index (χ0) is 27.1. The Morgan fingerprint density at radius 2 is 1.50 bits per heavy atom. The van der Waals surface area contributed by atoms with Gasteiger partial charge in [-0.15, -0.1) is 0 Å². The van der Waals surface area contributed by atoms with Crippen molar-refractivity contribution in [3.05, 3.63) is 125 Å². The predicted octanol–water partition coefficient (Wildman–Crippen LogP) is 5.55. The van der Waals surface area contributed by atoms with Crippen molar-refractivity contribution in [2.24, 2.45) is 5.10 Å². The molecule has 0 bridgehead atoms. The lowest BCUT2D eigenvalue weighted by Gasteiger charge is -2.26. The first-order chi connectivity index (χ1) is 18.3. The van der Waals surface area contributed by atoms with Crippen LogP contribution in [-0.4, -0.2) is 27.1 Å². The summed E-state index contributed by atoms with van der Waals surface area (Å²) >= 11 is 0. The third-order valence-electron chi connectivity index (χ3n) is 6.03. The average Bonchev–Trinajstić information content (AvgIpc) is 2.95. The Morgan fingerprint density at radius 3 is 2.16 bits per heavy atom. The molecule has 4 aromatic rings. The van der Waals surface area contributed by atoms with Gasteiger partial charge in [0.1, 0.15) is 5.75 Å². The summed E-state index contributed by atoms with van der Waals surface area (Å²) in [4.78, 5) is 13.4. The summed E-state index contributed by atoms with van der Waals surface area (Å²) in [5, 5.41) is 4.25. The van der Waals surface area contributed by atoms with E-state index in [9.17, 15) is 13.2 Å². The standard InChI is InChI=1S/C30H29N3O4S/c1-22-13-19-27(20-14-22)38(35,36)33(21-24-9-5-4-6-10-24)29-12-8-7-11-28(29)30(34)32-31-23(2)25-15-17-26(37-3)18-16-25/h4-20H,21H2,1-3H3,(H,32,34)/b31-23+. The molecule has 4 rings (SSSR count). The Kier molecular flexibility index (Phi) is 8.23. The molecule has 0 atom stereocenters. The van der Waals surface area contributed by atoms with Gasteiger partial charge in [-0.05, 0) is 73.5 Å². The van der Waals surface area contributed by atoms with Gasteiger partial charge < -0.3 is 4.74 Å². The summed E-state index contributed by atoms with van der Waals surface area (Å²) in [5.41, 5.74) is 6.16. The monoisotopic (exact) mass is 527 g/mol. The molecule has 194 valence electrons. The highest BCUT2D eigenvalue weighted by molar-refractivity contribution is 7.92. The van der Waals surface area contributed by atoms with Crippen LogP contribution in [0.2, 0.25) is 0 Å². The van der Waals surface area contributed by atoms with Crippen molar-refractivity contribution in [2.75, 3.05) is 11.4 Å². The lowest BCUT2D eigenvalue weighted by molar-refractivity contribution is 0.0955. The molecule has 0 radical (unpaired) electrons. The number of methoxy groups -OCH3 is 1. The van der Waals surface area contributed by atoms with Gasteiger partial charge in [0.05, 0.1) is 35.5 Å². The zero-order valence-corrected chi connectivity index (χ0v) is 22.3. The Bertz CT molecular complexity index is 1530. The van der Waals surface area contributed by atoms with Crippen LogP contribution in [0.25, 0.3) is 0 Å². The molecule has 1 amide bonds. The molecule has 0 fully saturated rings. The molecular formula is C30H29N3O4S. The number of hydrogen-bond acceptors (Lipinski definition) is 5. The molecule has 0 aliphatic heterocycles. The smallest absolute Gasteiger partial charge is 0.273 e. The number of para-hydroxylation sites is 1. The SMILES string of the molecule is COc1ccc(/C(C)=N/NC(=O)c2ccccc2N(Cc2ccccc2)S(=O)(=O)c2ccc(C)cc2)cc1. The van der Waals surface area contributed by atoms with Gasteiger partial charge in [0.2, 0.25) is 0 Å². The number of aryl methyl sites for hydroxylation is 1. The lowest BCUT2D eigenvalue weighted by atomic mass is 10.1. The summed E-state index contributed by atoms with van der Waals surface area (Å²) in [6, 6.07) is 29.8. The van der Waals surface area contributed by atoms with Crippen LogP contribution >= 0.6 is 0 Å². The zero-order valence-electron chi connectivity index (χ0n) is 21.5. The number of ether oxygens (including phenoxy) is 1. The van der Waals surface area contributed by atoms with Crippen molar-refractivity contribution >= 4 is 27.3 Å². The van der Waals surface area contributed by atoms with Crippen molar-refractivity contribution in [1.82, 2.24) is 5.43 Å². The number of amides is 1. The van der Waals surface area contributed by atoms with Crippen LogP contribution in [0.4, 0.5) is 5.69 Å². The fourth-order valence-electron chi connectivity index (χ4n) is 3.86. The number of hydrazone groups is 1. The highest BCUT2D eigenvalue weighted by Crippen LogP contribution is 2.29. The van der Waals surface area contributed by atoms with E-state index < -0.39 is 15.9 Å². The minimum absolute atomic E-state index is 0.0511. The second-order valence-corrected chi connectivity index (χ2v) is 10.6. The van der Waals surface area contributed by atoms with Crippen molar-refractivity contribution < 1.29 is 17.9 Å². The van der Waals surface area contributed by atoms with Gasteiger partial charge >= 0.3 is 0 Å². The first-order valence-corrected chi connectivity index (χ1v) is 13.4. The number of nitrogens with zero attached hydrogens (tertiary/aromatic N) is 2. The molecule has 0 heterocycles. The maximum Gasteiger partial charge on any atom is 0.273 e. The molecule has 0 aliphatic rings. The molecule has 0 spiro atoms. The van der Waals surface area contributed by atoms with E-state index in [0.717, 1.165) is 16.7 Å². The maximum absolute atomic E-state index is 13.9. The van der Waals surface area contributed by atoms with Crippen LogP contribution in [0.3, 0.4) is 0 Å². The molecule has 0 saturated heterocycles. The van der Waals surface area contributed by atoms with E-state index in [4.69, 9.17) is 4.74 Å². The van der Waals surface area contributed by atoms with Gasteiger partial charge in [-0.3, -0.25) is 9.10 Å².